The van der Waals surface area contributed by atoms with Gasteiger partial charge in [0.15, 0.2) is 0 Å². The first-order valence-corrected chi connectivity index (χ1v) is 2.15. The van der Waals surface area contributed by atoms with Gasteiger partial charge in [0.2, 0.25) is 0 Å². The van der Waals surface area contributed by atoms with E-state index in [2.05, 4.69) is 9.41 Å². The molecule has 5 heteroatoms. The van der Waals surface area contributed by atoms with E-state index in [4.69, 9.17) is 17.1 Å². The molecule has 0 aromatic rings. The molecule has 9 heavy (non-hydrogen) atoms. The molecule has 0 bridgehead atoms. The Morgan fingerprint density at radius 3 is 2.00 bits per heavy atom. The van der Waals surface area contributed by atoms with Gasteiger partial charge < -0.3 is 16.0 Å². The Kier molecular flexibility index (Phi) is 2.26. The van der Waals surface area contributed by atoms with Gasteiger partial charge in [0, 0.05) is 11.9 Å². The van der Waals surface area contributed by atoms with Crippen LogP contribution in [0.1, 0.15) is 0 Å². The van der Waals surface area contributed by atoms with Crippen LogP contribution < -0.4 is 0 Å². The summed E-state index contributed by atoms with van der Waals surface area (Å²) >= 11 is 0. The molecular formula is C4H3BN3O-. The van der Waals surface area contributed by atoms with Crippen molar-refractivity contribution in [2.45, 2.75) is 0 Å². The van der Waals surface area contributed by atoms with Gasteiger partial charge in [-0.1, -0.05) is 0 Å². The molecule has 0 saturated heterocycles. The first-order valence-electron chi connectivity index (χ1n) is 2.15. The van der Waals surface area contributed by atoms with Crippen molar-refractivity contribution in [2.24, 2.45) is 0 Å². The van der Waals surface area contributed by atoms with Crippen LogP contribution in [0.4, 0.5) is 0 Å². The molecule has 0 fully saturated rings. The molecule has 0 heterocycles. The maximum atomic E-state index is 8.19. The molecule has 0 aliphatic heterocycles. The zero-order valence-corrected chi connectivity index (χ0v) is 4.83. The van der Waals surface area contributed by atoms with Crippen molar-refractivity contribution in [3.63, 3.8) is 0 Å². The van der Waals surface area contributed by atoms with Gasteiger partial charge in [0.1, 0.15) is 0 Å². The summed E-state index contributed by atoms with van der Waals surface area (Å²) in [6.45, 7) is 3.85. The topological polar surface area (TPSA) is 61.2 Å². The van der Waals surface area contributed by atoms with E-state index in [1.165, 1.54) is 19.0 Å². The van der Waals surface area contributed by atoms with Crippen LogP contribution >= 0.6 is 0 Å². The normalized spacial score (nSPS) is 8.67. The summed E-state index contributed by atoms with van der Waals surface area (Å²) in [5.74, 6) is 2.98. The average molecular weight is 120 g/mol. The minimum Gasteiger partial charge on any atom is -0.520 e. The van der Waals surface area contributed by atoms with Gasteiger partial charge in [0.05, 0.1) is 0 Å². The maximum Gasteiger partial charge on any atom is 0.669 e. The molecule has 0 aliphatic carbocycles. The molecule has 0 aromatic carbocycles. The van der Waals surface area contributed by atoms with Gasteiger partial charge in [-0.25, -0.2) is 10.5 Å². The zero-order valence-electron chi connectivity index (χ0n) is 4.83. The molecule has 4 nitrogen and oxygen atoms in total. The Bertz CT molecular complexity index is 181. The van der Waals surface area contributed by atoms with E-state index in [0.29, 0.717) is 0 Å². The predicted molar refractivity (Wildman–Crippen MR) is 30.6 cm³/mol. The zero-order chi connectivity index (χ0) is 7.33. The van der Waals surface area contributed by atoms with Gasteiger partial charge in [0.25, 0.3) is 0 Å². The Morgan fingerprint density at radius 2 is 2.00 bits per heavy atom. The van der Waals surface area contributed by atoms with Crippen LogP contribution in [0.15, 0.2) is 0 Å². The Labute approximate surface area is 53.1 Å². The van der Waals surface area contributed by atoms with Crippen LogP contribution in [0, 0.1) is 29.0 Å². The van der Waals surface area contributed by atoms with Crippen molar-refractivity contribution in [3.05, 3.63) is 11.3 Å². The van der Waals surface area contributed by atoms with Crippen LogP contribution in [0.3, 0.4) is 0 Å². The highest BCUT2D eigenvalue weighted by Gasteiger charge is 2.35. The van der Waals surface area contributed by atoms with Crippen molar-refractivity contribution in [3.8, 4) is 11.9 Å². The highest BCUT2D eigenvalue weighted by Crippen LogP contribution is 2.00. The lowest BCUT2D eigenvalue weighted by molar-refractivity contribution is 0.426. The Balaban J connectivity index is 4.54. The summed E-state index contributed by atoms with van der Waals surface area (Å²) in [5, 5.41) is 16.4. The number of nitrogens with zero attached hydrogens (tertiary/aromatic N) is 3. The third kappa shape index (κ3) is 1.19. The highest BCUT2D eigenvalue weighted by molar-refractivity contribution is 6.90. The molecular weight excluding hydrogens is 117 g/mol. The van der Waals surface area contributed by atoms with Gasteiger partial charge in [-0.05, 0) is 7.11 Å². The lowest BCUT2D eigenvalue weighted by Crippen LogP contribution is -2.29. The van der Waals surface area contributed by atoms with Crippen molar-refractivity contribution in [1.82, 2.24) is 0 Å². The van der Waals surface area contributed by atoms with Gasteiger partial charge >= 0.3 is 6.48 Å². The molecule has 44 valence electrons. The summed E-state index contributed by atoms with van der Waals surface area (Å²) in [6.07, 6.45) is 0. The third-order valence-corrected chi connectivity index (χ3v) is 0.873. The molecule has 0 atom stereocenters. The quantitative estimate of drug-likeness (QED) is 0.364. The van der Waals surface area contributed by atoms with Crippen LogP contribution in [0.25, 0.3) is 4.76 Å². The van der Waals surface area contributed by atoms with Gasteiger partial charge in [-0.15, -0.1) is 0 Å². The number of nitriles is 2. The van der Waals surface area contributed by atoms with Crippen LogP contribution in [0.2, 0.25) is 0 Å². The minimum absolute atomic E-state index is 1.17. The van der Waals surface area contributed by atoms with Gasteiger partial charge in [-0.3, -0.25) is 0 Å². The average Bonchev–Trinajstić information content (AvgIpc) is 1.95. The standard InChI is InChI=1S/C4H3BN3O/c1-8-5(3-6,4-7)9-2/h2H3/q-1. The fourth-order valence-electron chi connectivity index (χ4n) is 0.245. The molecule has 0 spiro atoms. The van der Waals surface area contributed by atoms with Crippen molar-refractivity contribution < 1.29 is 4.65 Å². The van der Waals surface area contributed by atoms with E-state index in [-0.39, 0.29) is 0 Å². The van der Waals surface area contributed by atoms with Crippen LogP contribution in [0.5, 0.6) is 0 Å². The summed E-state index contributed by atoms with van der Waals surface area (Å²) in [7, 11) is 1.17. The highest BCUT2D eigenvalue weighted by atomic mass is 16.4. The van der Waals surface area contributed by atoms with Crippen molar-refractivity contribution in [1.29, 1.82) is 10.5 Å². The van der Waals surface area contributed by atoms with E-state index in [1.807, 2.05) is 0 Å². The summed E-state index contributed by atoms with van der Waals surface area (Å²) < 4.78 is 7.11. The second kappa shape index (κ2) is 2.72. The third-order valence-electron chi connectivity index (χ3n) is 0.873. The van der Waals surface area contributed by atoms with Crippen LogP contribution in [-0.4, -0.2) is 13.6 Å². The molecule has 0 N–H and O–H groups in total. The predicted octanol–water partition coefficient (Wildman–Crippen LogP) is 0.120. The molecule has 0 rings (SSSR count). The Morgan fingerprint density at radius 1 is 1.56 bits per heavy atom. The minimum atomic E-state index is -2.54. The van der Waals surface area contributed by atoms with E-state index in [1.54, 1.807) is 0 Å². The largest absolute Gasteiger partial charge is 0.669 e. The van der Waals surface area contributed by atoms with Crippen molar-refractivity contribution >= 4 is 6.48 Å². The fourth-order valence-corrected chi connectivity index (χ4v) is 0.245. The molecule has 0 unspecified atom stereocenters. The van der Waals surface area contributed by atoms with E-state index < -0.39 is 6.48 Å². The van der Waals surface area contributed by atoms with E-state index >= 15 is 0 Å². The smallest absolute Gasteiger partial charge is 0.520 e. The maximum absolute atomic E-state index is 8.19. The first-order chi connectivity index (χ1) is 4.24. The monoisotopic (exact) mass is 120 g/mol. The molecule has 0 saturated carbocycles. The SMILES string of the molecule is [C-]#[N+][B-](C#N)(C#N)OC. The molecule has 0 aliphatic rings. The van der Waals surface area contributed by atoms with E-state index in [0.717, 1.165) is 0 Å². The number of hydrogen-bond acceptors (Lipinski definition) is 3. The number of rotatable bonds is 1. The second-order valence-corrected chi connectivity index (χ2v) is 1.37. The van der Waals surface area contributed by atoms with E-state index in [9.17, 15) is 0 Å². The molecule has 0 amide bonds. The lowest BCUT2D eigenvalue weighted by Gasteiger charge is -2.06. The number of hydrogen-bond donors (Lipinski definition) is 0. The summed E-state index contributed by atoms with van der Waals surface area (Å²) in [5.41, 5.74) is 0. The second-order valence-electron chi connectivity index (χ2n) is 1.37. The summed E-state index contributed by atoms with van der Waals surface area (Å²) in [4.78, 5) is 0. The van der Waals surface area contributed by atoms with Crippen LogP contribution in [-0.2, 0) is 4.65 Å². The Hall–Kier alpha value is -1.51. The summed E-state index contributed by atoms with van der Waals surface area (Å²) in [6, 6.07) is 0. The molecule has 0 aromatic heterocycles. The van der Waals surface area contributed by atoms with Crippen molar-refractivity contribution in [2.75, 3.05) is 7.11 Å². The lowest BCUT2D eigenvalue weighted by atomic mass is 9.57. The van der Waals surface area contributed by atoms with Gasteiger partial charge in [-0.2, -0.15) is 0 Å². The molecule has 0 radical (unpaired) electrons. The first kappa shape index (κ1) is 7.49. The fraction of sp³-hybridized carbons (Fsp3) is 0.250.